The first kappa shape index (κ1) is 26.9. The molecule has 0 radical (unpaired) electrons. The Balaban J connectivity index is 1.45. The van der Waals surface area contributed by atoms with E-state index in [1.165, 1.54) is 4.90 Å². The van der Waals surface area contributed by atoms with Crippen molar-refractivity contribution in [1.29, 1.82) is 0 Å². The van der Waals surface area contributed by atoms with Crippen LogP contribution in [0.3, 0.4) is 0 Å². The maximum atomic E-state index is 13.8. The number of phenols is 1. The molecule has 0 spiro atoms. The van der Waals surface area contributed by atoms with Gasteiger partial charge in [-0.1, -0.05) is 11.6 Å². The number of rotatable bonds is 3. The molecule has 4 rings (SSSR count). The van der Waals surface area contributed by atoms with Crippen molar-refractivity contribution in [2.24, 2.45) is 0 Å². The first-order valence-electron chi connectivity index (χ1n) is 11.9. The third-order valence-corrected chi connectivity index (χ3v) is 6.59. The van der Waals surface area contributed by atoms with Gasteiger partial charge >= 0.3 is 12.3 Å². The van der Waals surface area contributed by atoms with Crippen LogP contribution in [0.15, 0.2) is 18.2 Å². The summed E-state index contributed by atoms with van der Waals surface area (Å²) >= 11 is 5.86. The quantitative estimate of drug-likeness (QED) is 0.631. The van der Waals surface area contributed by atoms with Crippen LogP contribution in [-0.2, 0) is 35.2 Å². The summed E-state index contributed by atoms with van der Waals surface area (Å²) in [5.41, 5.74) is -0.908. The lowest BCUT2D eigenvalue weighted by atomic mass is 10.1. The zero-order valence-corrected chi connectivity index (χ0v) is 21.6. The standard InChI is InChI=1S/C24H29ClF3N5O4/c1-23(2,3)37-22(36)32-7-6-18-16(13-32)21(24(26,27)28)29-33(18)14-20(35)31-10-8-30(9-11-31)15-4-5-17(25)19(34)12-15/h4-5,12,34H,6-11,13-14H2,1-3H3. The van der Waals surface area contributed by atoms with E-state index < -0.39 is 23.6 Å². The molecule has 0 unspecified atom stereocenters. The van der Waals surface area contributed by atoms with E-state index in [4.69, 9.17) is 16.3 Å². The zero-order chi connectivity index (χ0) is 27.1. The Morgan fingerprint density at radius 3 is 2.35 bits per heavy atom. The number of ether oxygens (including phenoxy) is 1. The molecule has 2 aliphatic heterocycles. The van der Waals surface area contributed by atoms with E-state index in [-0.39, 0.29) is 48.3 Å². The summed E-state index contributed by atoms with van der Waals surface area (Å²) in [6.07, 6.45) is -5.30. The van der Waals surface area contributed by atoms with E-state index in [1.54, 1.807) is 43.9 Å². The van der Waals surface area contributed by atoms with Crippen LogP contribution in [0.2, 0.25) is 5.02 Å². The van der Waals surface area contributed by atoms with Gasteiger partial charge in [0.1, 0.15) is 17.9 Å². The number of piperazine rings is 1. The molecule has 202 valence electrons. The highest BCUT2D eigenvalue weighted by Gasteiger charge is 2.42. The van der Waals surface area contributed by atoms with Crippen LogP contribution in [0.1, 0.15) is 37.7 Å². The summed E-state index contributed by atoms with van der Waals surface area (Å²) in [4.78, 5) is 30.3. The lowest BCUT2D eigenvalue weighted by molar-refractivity contribution is -0.143. The van der Waals surface area contributed by atoms with Gasteiger partial charge in [-0.25, -0.2) is 4.79 Å². The molecule has 0 aliphatic carbocycles. The van der Waals surface area contributed by atoms with E-state index in [0.29, 0.717) is 31.9 Å². The summed E-state index contributed by atoms with van der Waals surface area (Å²) in [5, 5.41) is 13.9. The second-order valence-corrected chi connectivity index (χ2v) is 10.5. The molecule has 0 saturated carbocycles. The Bertz CT molecular complexity index is 1190. The lowest BCUT2D eigenvalue weighted by Crippen LogP contribution is -2.49. The number of phenolic OH excluding ortho intramolecular Hbond substituents is 1. The van der Waals surface area contributed by atoms with Crippen LogP contribution >= 0.6 is 11.6 Å². The van der Waals surface area contributed by atoms with Crippen LogP contribution in [0.4, 0.5) is 23.7 Å². The highest BCUT2D eigenvalue weighted by Crippen LogP contribution is 2.35. The molecule has 1 saturated heterocycles. The van der Waals surface area contributed by atoms with Crippen LogP contribution in [0.25, 0.3) is 0 Å². The number of hydrogen-bond donors (Lipinski definition) is 1. The number of fused-ring (bicyclic) bond motifs is 1. The Kier molecular flexibility index (Phi) is 7.24. The van der Waals surface area contributed by atoms with Crippen LogP contribution in [0, 0.1) is 0 Å². The minimum atomic E-state index is -4.73. The number of carbonyl (C=O) groups is 2. The van der Waals surface area contributed by atoms with Crippen LogP contribution < -0.4 is 4.90 Å². The fraction of sp³-hybridized carbons (Fsp3) is 0.542. The third-order valence-electron chi connectivity index (χ3n) is 6.27. The van der Waals surface area contributed by atoms with Crippen molar-refractivity contribution in [2.45, 2.75) is 52.1 Å². The molecule has 1 aromatic carbocycles. The van der Waals surface area contributed by atoms with Gasteiger partial charge in [-0.2, -0.15) is 18.3 Å². The van der Waals surface area contributed by atoms with Crippen LogP contribution in [0.5, 0.6) is 5.75 Å². The number of benzene rings is 1. The van der Waals surface area contributed by atoms with Gasteiger partial charge in [0.15, 0.2) is 5.69 Å². The first-order valence-corrected chi connectivity index (χ1v) is 12.3. The average molecular weight is 544 g/mol. The predicted molar refractivity (Wildman–Crippen MR) is 129 cm³/mol. The van der Waals surface area contributed by atoms with E-state index in [2.05, 4.69) is 5.10 Å². The van der Waals surface area contributed by atoms with Gasteiger partial charge in [-0.05, 0) is 32.9 Å². The van der Waals surface area contributed by atoms with Crippen molar-refractivity contribution in [2.75, 3.05) is 37.6 Å². The van der Waals surface area contributed by atoms with Crippen LogP contribution in [-0.4, -0.2) is 75.0 Å². The Morgan fingerprint density at radius 1 is 1.08 bits per heavy atom. The lowest BCUT2D eigenvalue weighted by Gasteiger charge is -2.36. The number of amides is 2. The highest BCUT2D eigenvalue weighted by atomic mass is 35.5. The second kappa shape index (κ2) is 9.96. The maximum Gasteiger partial charge on any atom is 0.435 e. The van der Waals surface area contributed by atoms with E-state index in [9.17, 15) is 27.9 Å². The van der Waals surface area contributed by atoms with Gasteiger partial charge in [-0.3, -0.25) is 9.48 Å². The number of halogens is 4. The molecule has 2 aliphatic rings. The average Bonchev–Trinajstić information content (AvgIpc) is 3.18. The van der Waals surface area contributed by atoms with Crippen molar-refractivity contribution >= 4 is 29.3 Å². The summed E-state index contributed by atoms with van der Waals surface area (Å²) in [6.45, 7) is 6.30. The minimum absolute atomic E-state index is 0.0353. The minimum Gasteiger partial charge on any atom is -0.506 e. The number of aromatic nitrogens is 2. The van der Waals surface area contributed by atoms with Gasteiger partial charge in [0.05, 0.1) is 11.6 Å². The SMILES string of the molecule is CC(C)(C)OC(=O)N1CCc2c(c(C(F)(F)F)nn2CC(=O)N2CCN(c3ccc(Cl)c(O)c3)CC2)C1. The summed E-state index contributed by atoms with van der Waals surface area (Å²) < 4.78 is 47.8. The Hall–Kier alpha value is -3.15. The number of alkyl halides is 3. The maximum absolute atomic E-state index is 13.8. The zero-order valence-electron chi connectivity index (χ0n) is 20.8. The van der Waals surface area contributed by atoms with Crippen molar-refractivity contribution in [1.82, 2.24) is 19.6 Å². The molecule has 1 fully saturated rings. The van der Waals surface area contributed by atoms with Crippen molar-refractivity contribution in [3.63, 3.8) is 0 Å². The third kappa shape index (κ3) is 6.06. The molecule has 1 aromatic heterocycles. The van der Waals surface area contributed by atoms with Crippen molar-refractivity contribution in [3.05, 3.63) is 40.2 Å². The number of aromatic hydroxyl groups is 1. The summed E-state index contributed by atoms with van der Waals surface area (Å²) in [6, 6.07) is 4.91. The first-order chi connectivity index (χ1) is 17.2. The highest BCUT2D eigenvalue weighted by molar-refractivity contribution is 6.32. The molecule has 9 nitrogen and oxygen atoms in total. The molecule has 37 heavy (non-hydrogen) atoms. The van der Waals surface area contributed by atoms with Crippen molar-refractivity contribution < 1.29 is 32.6 Å². The Labute approximate surface area is 217 Å². The molecule has 3 heterocycles. The number of carbonyl (C=O) groups excluding carboxylic acids is 2. The topological polar surface area (TPSA) is 91.1 Å². The molecule has 2 amide bonds. The van der Waals surface area contributed by atoms with Gasteiger partial charge < -0.3 is 24.5 Å². The van der Waals surface area contributed by atoms with E-state index in [0.717, 1.165) is 10.4 Å². The Morgan fingerprint density at radius 2 is 1.76 bits per heavy atom. The van der Waals surface area contributed by atoms with Crippen molar-refractivity contribution in [3.8, 4) is 5.75 Å². The fourth-order valence-electron chi connectivity index (χ4n) is 4.47. The molecule has 2 aromatic rings. The van der Waals surface area contributed by atoms with E-state index in [1.807, 2.05) is 4.90 Å². The molecular weight excluding hydrogens is 515 g/mol. The van der Waals surface area contributed by atoms with Gasteiger partial charge in [0.25, 0.3) is 0 Å². The number of nitrogens with zero attached hydrogens (tertiary/aromatic N) is 5. The number of anilines is 1. The molecule has 13 heteroatoms. The predicted octanol–water partition coefficient (Wildman–Crippen LogP) is 3.90. The molecule has 1 N–H and O–H groups in total. The van der Waals surface area contributed by atoms with Gasteiger partial charge in [0.2, 0.25) is 5.91 Å². The monoisotopic (exact) mass is 543 g/mol. The summed E-state index contributed by atoms with van der Waals surface area (Å²) in [7, 11) is 0. The molecule has 0 bridgehead atoms. The van der Waals surface area contributed by atoms with E-state index >= 15 is 0 Å². The largest absolute Gasteiger partial charge is 0.506 e. The summed E-state index contributed by atoms with van der Waals surface area (Å²) in [5.74, 6) is -0.376. The van der Waals surface area contributed by atoms with Gasteiger partial charge in [0, 0.05) is 62.2 Å². The smallest absolute Gasteiger partial charge is 0.435 e. The van der Waals surface area contributed by atoms with Gasteiger partial charge in [-0.15, -0.1) is 0 Å². The molecular formula is C24H29ClF3N5O4. The second-order valence-electron chi connectivity index (χ2n) is 10.1. The fourth-order valence-corrected chi connectivity index (χ4v) is 4.59. The molecule has 0 atom stereocenters. The normalized spacial score (nSPS) is 16.6. The number of hydrogen-bond acceptors (Lipinski definition) is 6.